The third kappa shape index (κ3) is 3.46. The van der Waals surface area contributed by atoms with E-state index in [0.717, 1.165) is 4.90 Å². The topological polar surface area (TPSA) is 107 Å². The number of benzene rings is 1. The Hall–Kier alpha value is -2.62. The van der Waals surface area contributed by atoms with Crippen molar-refractivity contribution in [2.75, 3.05) is 6.54 Å². The number of rotatable bonds is 4. The summed E-state index contributed by atoms with van der Waals surface area (Å²) in [4.78, 5) is 21.5. The molecule has 7 heteroatoms. The largest absolute Gasteiger partial charge is 0.465 e. The number of hydrogen-bond donors (Lipinski definition) is 1. The maximum absolute atomic E-state index is 10.7. The van der Waals surface area contributed by atoms with E-state index < -0.39 is 11.0 Å². The molecule has 0 atom stereocenters. The molecule has 0 aromatic heterocycles. The molecular weight excluding hydrogens is 226 g/mol. The van der Waals surface area contributed by atoms with Crippen molar-refractivity contribution in [1.29, 1.82) is 5.26 Å². The number of hydrogen-bond acceptors (Lipinski definition) is 4. The third-order valence-corrected chi connectivity index (χ3v) is 2.05. The molecule has 0 fully saturated rings. The average molecular weight is 235 g/mol. The van der Waals surface area contributed by atoms with Gasteiger partial charge in [-0.2, -0.15) is 5.26 Å². The Bertz CT molecular complexity index is 463. The molecular formula is C10H9N3O4. The normalized spacial score (nSPS) is 9.35. The van der Waals surface area contributed by atoms with Crippen LogP contribution in [0.1, 0.15) is 5.56 Å². The van der Waals surface area contributed by atoms with E-state index in [0.29, 0.717) is 5.56 Å². The fourth-order valence-electron chi connectivity index (χ4n) is 1.22. The average Bonchev–Trinajstić information content (AvgIpc) is 2.29. The van der Waals surface area contributed by atoms with Crippen LogP contribution in [-0.2, 0) is 6.54 Å². The van der Waals surface area contributed by atoms with Crippen LogP contribution in [0.2, 0.25) is 0 Å². The summed E-state index contributed by atoms with van der Waals surface area (Å²) in [6.45, 7) is -0.215. The van der Waals surface area contributed by atoms with Gasteiger partial charge in [0.1, 0.15) is 6.54 Å². The molecule has 7 nitrogen and oxygen atoms in total. The van der Waals surface area contributed by atoms with Gasteiger partial charge in [-0.15, -0.1) is 0 Å². The van der Waals surface area contributed by atoms with Gasteiger partial charge in [-0.05, 0) is 5.56 Å². The first-order chi connectivity index (χ1) is 8.04. The molecule has 0 aliphatic carbocycles. The van der Waals surface area contributed by atoms with Gasteiger partial charge in [-0.1, -0.05) is 12.1 Å². The number of amides is 1. The molecule has 1 rings (SSSR count). The summed E-state index contributed by atoms with van der Waals surface area (Å²) in [6.07, 6.45) is -1.20. The van der Waals surface area contributed by atoms with Crippen LogP contribution in [0.4, 0.5) is 10.5 Å². The molecule has 0 bridgehead atoms. The van der Waals surface area contributed by atoms with Crippen molar-refractivity contribution in [3.05, 3.63) is 39.9 Å². The summed E-state index contributed by atoms with van der Waals surface area (Å²) in [6, 6.07) is 7.25. The summed E-state index contributed by atoms with van der Waals surface area (Å²) < 4.78 is 0. The zero-order valence-electron chi connectivity index (χ0n) is 8.74. The Morgan fingerprint density at radius 2 is 2.06 bits per heavy atom. The van der Waals surface area contributed by atoms with Crippen molar-refractivity contribution in [2.45, 2.75) is 6.54 Å². The summed E-state index contributed by atoms with van der Waals surface area (Å²) in [7, 11) is 0. The molecule has 1 aromatic rings. The smallest absolute Gasteiger partial charge is 0.408 e. The van der Waals surface area contributed by atoms with E-state index in [4.69, 9.17) is 10.4 Å². The lowest BCUT2D eigenvalue weighted by Gasteiger charge is -2.15. The molecule has 0 aliphatic rings. The molecule has 1 amide bonds. The highest BCUT2D eigenvalue weighted by Gasteiger charge is 2.12. The third-order valence-electron chi connectivity index (χ3n) is 2.05. The van der Waals surface area contributed by atoms with Gasteiger partial charge in [-0.3, -0.25) is 15.0 Å². The number of nitrogens with zero attached hydrogens (tertiary/aromatic N) is 3. The van der Waals surface area contributed by atoms with Crippen LogP contribution < -0.4 is 0 Å². The molecule has 0 heterocycles. The van der Waals surface area contributed by atoms with Crippen LogP contribution in [0.15, 0.2) is 24.3 Å². The lowest BCUT2D eigenvalue weighted by atomic mass is 10.2. The minimum atomic E-state index is -1.20. The summed E-state index contributed by atoms with van der Waals surface area (Å²) >= 11 is 0. The molecule has 0 radical (unpaired) electrons. The van der Waals surface area contributed by atoms with Crippen molar-refractivity contribution in [1.82, 2.24) is 4.90 Å². The maximum atomic E-state index is 10.7. The number of nitro groups is 1. The molecule has 0 saturated heterocycles. The lowest BCUT2D eigenvalue weighted by molar-refractivity contribution is -0.384. The molecule has 88 valence electrons. The van der Waals surface area contributed by atoms with E-state index in [1.165, 1.54) is 24.3 Å². The van der Waals surface area contributed by atoms with E-state index >= 15 is 0 Å². The molecule has 17 heavy (non-hydrogen) atoms. The quantitative estimate of drug-likeness (QED) is 0.484. The van der Waals surface area contributed by atoms with Crippen molar-refractivity contribution >= 4 is 11.8 Å². The highest BCUT2D eigenvalue weighted by atomic mass is 16.6. The first-order valence-corrected chi connectivity index (χ1v) is 4.62. The van der Waals surface area contributed by atoms with Crippen LogP contribution in [0, 0.1) is 21.4 Å². The Morgan fingerprint density at radius 3 is 2.47 bits per heavy atom. The molecule has 1 N–H and O–H groups in total. The van der Waals surface area contributed by atoms with E-state index in [2.05, 4.69) is 0 Å². The number of nitriles is 1. The zero-order valence-corrected chi connectivity index (χ0v) is 8.74. The fraction of sp³-hybridized carbons (Fsp3) is 0.200. The van der Waals surface area contributed by atoms with Crippen LogP contribution >= 0.6 is 0 Å². The number of nitro benzene ring substituents is 1. The van der Waals surface area contributed by atoms with Crippen molar-refractivity contribution in [3.8, 4) is 6.07 Å². The number of carboxylic acid groups (broad SMARTS) is 1. The van der Waals surface area contributed by atoms with Gasteiger partial charge in [-0.25, -0.2) is 4.79 Å². The van der Waals surface area contributed by atoms with Crippen LogP contribution in [0.25, 0.3) is 0 Å². The summed E-state index contributed by atoms with van der Waals surface area (Å²) in [5.41, 5.74) is 0.532. The Morgan fingerprint density at radius 1 is 1.47 bits per heavy atom. The van der Waals surface area contributed by atoms with Crippen LogP contribution in [0.3, 0.4) is 0 Å². The first-order valence-electron chi connectivity index (χ1n) is 4.62. The predicted molar refractivity (Wildman–Crippen MR) is 57.1 cm³/mol. The second-order valence-electron chi connectivity index (χ2n) is 3.22. The molecule has 0 aliphatic heterocycles. The minimum absolute atomic E-state index is 0.0287. The molecule has 0 unspecified atom stereocenters. The van der Waals surface area contributed by atoms with Crippen LogP contribution in [-0.4, -0.2) is 27.6 Å². The summed E-state index contributed by atoms with van der Waals surface area (Å²) in [5, 5.41) is 27.6. The van der Waals surface area contributed by atoms with Gasteiger partial charge in [0.05, 0.1) is 17.5 Å². The first kappa shape index (κ1) is 12.4. The Labute approximate surface area is 96.7 Å². The molecule has 1 aromatic carbocycles. The van der Waals surface area contributed by atoms with E-state index in [1.54, 1.807) is 6.07 Å². The van der Waals surface area contributed by atoms with Gasteiger partial charge < -0.3 is 5.11 Å². The van der Waals surface area contributed by atoms with E-state index in [-0.39, 0.29) is 18.8 Å². The molecule has 0 spiro atoms. The van der Waals surface area contributed by atoms with Gasteiger partial charge in [0, 0.05) is 12.1 Å². The van der Waals surface area contributed by atoms with Crippen molar-refractivity contribution < 1.29 is 14.8 Å². The van der Waals surface area contributed by atoms with Gasteiger partial charge >= 0.3 is 6.09 Å². The predicted octanol–water partition coefficient (Wildman–Crippen LogP) is 1.60. The van der Waals surface area contributed by atoms with Crippen LogP contribution in [0.5, 0.6) is 0 Å². The highest BCUT2D eigenvalue weighted by Crippen LogP contribution is 2.13. The maximum Gasteiger partial charge on any atom is 0.408 e. The SMILES string of the molecule is N#CCN(Cc1ccc([N+](=O)[O-])cc1)C(=O)O. The van der Waals surface area contributed by atoms with Gasteiger partial charge in [0.25, 0.3) is 5.69 Å². The van der Waals surface area contributed by atoms with Crippen molar-refractivity contribution in [3.63, 3.8) is 0 Å². The Kier molecular flexibility index (Phi) is 4.00. The minimum Gasteiger partial charge on any atom is -0.465 e. The van der Waals surface area contributed by atoms with Gasteiger partial charge in [0.2, 0.25) is 0 Å². The second-order valence-corrected chi connectivity index (χ2v) is 3.22. The number of non-ortho nitro benzene ring substituents is 1. The zero-order chi connectivity index (χ0) is 12.8. The molecule has 0 saturated carbocycles. The van der Waals surface area contributed by atoms with Crippen molar-refractivity contribution in [2.24, 2.45) is 0 Å². The van der Waals surface area contributed by atoms with Gasteiger partial charge in [0.15, 0.2) is 0 Å². The van der Waals surface area contributed by atoms with E-state index in [9.17, 15) is 14.9 Å². The fourth-order valence-corrected chi connectivity index (χ4v) is 1.22. The second kappa shape index (κ2) is 5.46. The summed E-state index contributed by atoms with van der Waals surface area (Å²) in [5.74, 6) is 0. The number of carbonyl (C=O) groups is 1. The Balaban J connectivity index is 2.77. The highest BCUT2D eigenvalue weighted by molar-refractivity contribution is 5.65. The standard InChI is InChI=1S/C10H9N3O4/c11-5-6-12(10(14)15)7-8-1-3-9(4-2-8)13(16)17/h1-4H,6-7H2,(H,14,15). The lowest BCUT2D eigenvalue weighted by Crippen LogP contribution is -2.29. The van der Waals surface area contributed by atoms with E-state index in [1.807, 2.05) is 0 Å². The monoisotopic (exact) mass is 235 g/mol.